The summed E-state index contributed by atoms with van der Waals surface area (Å²) in [7, 11) is -4.74. The molecule has 1 saturated heterocycles. The number of morpholine rings is 1. The van der Waals surface area contributed by atoms with Crippen molar-refractivity contribution in [1.29, 1.82) is 0 Å². The predicted octanol–water partition coefficient (Wildman–Crippen LogP) is 3.96. The van der Waals surface area contributed by atoms with E-state index in [2.05, 4.69) is 31.0 Å². The first kappa shape index (κ1) is 27.8. The molecule has 4 bridgehead atoms. The summed E-state index contributed by atoms with van der Waals surface area (Å²) in [5.74, 6) is 0.495. The third kappa shape index (κ3) is 5.87. The maximum atomic E-state index is 13.2. The van der Waals surface area contributed by atoms with Crippen LogP contribution in [0.15, 0.2) is 47.6 Å². The highest BCUT2D eigenvalue weighted by Crippen LogP contribution is 2.36. The van der Waals surface area contributed by atoms with Gasteiger partial charge in [0.15, 0.2) is 5.82 Å². The van der Waals surface area contributed by atoms with Crippen molar-refractivity contribution < 1.29 is 35.7 Å². The number of halogens is 4. The van der Waals surface area contributed by atoms with E-state index < -0.39 is 43.9 Å². The van der Waals surface area contributed by atoms with Gasteiger partial charge in [-0.2, -0.15) is 41.7 Å². The van der Waals surface area contributed by atoms with Crippen LogP contribution in [0.5, 0.6) is 0 Å². The molecule has 3 unspecified atom stereocenters. The van der Waals surface area contributed by atoms with Gasteiger partial charge in [0.1, 0.15) is 17.3 Å². The van der Waals surface area contributed by atoms with Crippen molar-refractivity contribution in [1.82, 2.24) is 20.0 Å². The second kappa shape index (κ2) is 10.3. The van der Waals surface area contributed by atoms with Crippen LogP contribution in [0.2, 0.25) is 5.02 Å². The Balaban J connectivity index is 1.42. The zero-order valence-electron chi connectivity index (χ0n) is 20.3. The van der Waals surface area contributed by atoms with Crippen molar-refractivity contribution in [2.24, 2.45) is 0 Å². The van der Waals surface area contributed by atoms with E-state index in [4.69, 9.17) is 16.3 Å². The van der Waals surface area contributed by atoms with Crippen LogP contribution in [0.4, 0.5) is 41.0 Å². The van der Waals surface area contributed by atoms with Crippen LogP contribution < -0.4 is 21.2 Å². The molecule has 13 nitrogen and oxygen atoms in total. The number of ether oxygens (including phenoxy) is 1. The molecule has 212 valence electrons. The number of alkyl halides is 3. The number of fused-ring (bicyclic) bond motifs is 5. The summed E-state index contributed by atoms with van der Waals surface area (Å²) in [6.45, 7) is 2.51. The van der Waals surface area contributed by atoms with Crippen molar-refractivity contribution in [3.63, 3.8) is 0 Å². The third-order valence-electron chi connectivity index (χ3n) is 5.85. The molecule has 5 rings (SSSR count). The molecule has 2 amide bonds. The number of amides is 2. The minimum Gasteiger partial charge on any atom is -0.364 e. The quantitative estimate of drug-likeness (QED) is 0.314. The molecule has 1 aromatic heterocycles. The van der Waals surface area contributed by atoms with Crippen molar-refractivity contribution in [3.8, 4) is 0 Å². The lowest BCUT2D eigenvalue weighted by atomic mass is 10.2. The van der Waals surface area contributed by atoms with E-state index in [1.165, 1.54) is 29.6 Å². The van der Waals surface area contributed by atoms with E-state index >= 15 is 0 Å². The summed E-state index contributed by atoms with van der Waals surface area (Å²) < 4.78 is 79.5. The van der Waals surface area contributed by atoms with Crippen LogP contribution in [0.3, 0.4) is 0 Å². The zero-order chi connectivity index (χ0) is 28.8. The molecule has 0 aliphatic carbocycles. The summed E-state index contributed by atoms with van der Waals surface area (Å²) in [6, 6.07) is 5.36. The van der Waals surface area contributed by atoms with Crippen LogP contribution in [0, 0.1) is 0 Å². The van der Waals surface area contributed by atoms with E-state index in [9.17, 15) is 30.9 Å². The van der Waals surface area contributed by atoms with Crippen LogP contribution in [-0.2, 0) is 21.0 Å². The Labute approximate surface area is 230 Å². The van der Waals surface area contributed by atoms with Gasteiger partial charge >= 0.3 is 12.2 Å². The molecule has 40 heavy (non-hydrogen) atoms. The smallest absolute Gasteiger partial charge is 0.364 e. The van der Waals surface area contributed by atoms with Crippen molar-refractivity contribution in [2.75, 3.05) is 34.3 Å². The van der Waals surface area contributed by atoms with Gasteiger partial charge in [-0.05, 0) is 43.3 Å². The molecule has 2 aliphatic rings. The van der Waals surface area contributed by atoms with Crippen LogP contribution in [0.25, 0.3) is 0 Å². The number of nitrogens with one attached hydrogen (secondary N) is 3. The number of hydrogen-bond donors (Lipinski definition) is 4. The molecular formula is C22H20ClF3N8O5S. The second-order valence-corrected chi connectivity index (χ2v) is 10.6. The van der Waals surface area contributed by atoms with Gasteiger partial charge in [-0.25, -0.2) is 9.78 Å². The number of aromatic nitrogens is 3. The monoisotopic (exact) mass is 600 g/mol. The van der Waals surface area contributed by atoms with Gasteiger partial charge < -0.3 is 15.4 Å². The molecular weight excluding hydrogens is 581 g/mol. The fourth-order valence-electron chi connectivity index (χ4n) is 4.19. The van der Waals surface area contributed by atoms with Gasteiger partial charge in [0, 0.05) is 17.9 Å². The molecule has 0 spiro atoms. The number of anilines is 4. The highest BCUT2D eigenvalue weighted by molar-refractivity contribution is 7.86. The Kier molecular flexibility index (Phi) is 7.17. The van der Waals surface area contributed by atoms with Gasteiger partial charge in [0.2, 0.25) is 0 Å². The first-order valence-electron chi connectivity index (χ1n) is 11.5. The highest BCUT2D eigenvalue weighted by Gasteiger charge is 2.37. The lowest BCUT2D eigenvalue weighted by molar-refractivity contribution is -0.137. The number of benzene rings is 2. The lowest BCUT2D eigenvalue weighted by Crippen LogP contribution is -2.54. The van der Waals surface area contributed by atoms with Crippen molar-refractivity contribution in [2.45, 2.75) is 30.2 Å². The zero-order valence-corrected chi connectivity index (χ0v) is 21.9. The number of carbonyl (C=O) groups excluding carboxylic acids is 1. The molecule has 3 heterocycles. The van der Waals surface area contributed by atoms with Crippen LogP contribution >= 0.6 is 11.6 Å². The summed E-state index contributed by atoms with van der Waals surface area (Å²) in [5.41, 5.74) is 1.44. The normalized spacial score (nSPS) is 20.4. The molecule has 1 fully saturated rings. The van der Waals surface area contributed by atoms with Gasteiger partial charge in [-0.15, -0.1) is 0 Å². The Morgan fingerprint density at radius 2 is 1.82 bits per heavy atom. The van der Waals surface area contributed by atoms with Gasteiger partial charge in [-0.1, -0.05) is 11.6 Å². The molecule has 0 saturated carbocycles. The number of hydrogen-bond acceptors (Lipinski definition) is 10. The fraction of sp³-hybridized carbons (Fsp3) is 0.273. The lowest BCUT2D eigenvalue weighted by Gasteiger charge is -2.39. The Morgan fingerprint density at radius 3 is 2.52 bits per heavy atom. The van der Waals surface area contributed by atoms with E-state index in [1.54, 1.807) is 5.01 Å². The highest BCUT2D eigenvalue weighted by atomic mass is 35.5. The third-order valence-corrected chi connectivity index (χ3v) is 7.09. The first-order chi connectivity index (χ1) is 18.8. The van der Waals surface area contributed by atoms with E-state index in [0.717, 1.165) is 12.1 Å². The molecule has 0 radical (unpaired) electrons. The Morgan fingerprint density at radius 1 is 1.12 bits per heavy atom. The second-order valence-electron chi connectivity index (χ2n) is 8.83. The Bertz CT molecular complexity index is 1580. The van der Waals surface area contributed by atoms with Crippen LogP contribution in [-0.4, -0.2) is 58.2 Å². The number of hydrazine groups is 2. The van der Waals surface area contributed by atoms with Gasteiger partial charge in [0.25, 0.3) is 16.1 Å². The summed E-state index contributed by atoms with van der Waals surface area (Å²) in [5, 5.41) is 7.29. The predicted molar refractivity (Wildman–Crippen MR) is 136 cm³/mol. The number of urea groups is 1. The molecule has 3 atom stereocenters. The topological polar surface area (TPSA) is 162 Å². The molecule has 18 heteroatoms. The van der Waals surface area contributed by atoms with E-state index in [1.807, 2.05) is 6.92 Å². The first-order valence-corrected chi connectivity index (χ1v) is 13.3. The maximum absolute atomic E-state index is 13.2. The average molecular weight is 601 g/mol. The molecule has 3 aromatic rings. The largest absolute Gasteiger partial charge is 0.417 e. The maximum Gasteiger partial charge on any atom is 0.417 e. The van der Waals surface area contributed by atoms with E-state index in [0.29, 0.717) is 25.0 Å². The van der Waals surface area contributed by atoms with E-state index in [-0.39, 0.29) is 29.1 Å². The van der Waals surface area contributed by atoms with Crippen LogP contribution in [0.1, 0.15) is 24.4 Å². The minimum atomic E-state index is -4.74. The van der Waals surface area contributed by atoms with Gasteiger partial charge in [-0.3, -0.25) is 9.98 Å². The molecule has 2 aliphatic heterocycles. The summed E-state index contributed by atoms with van der Waals surface area (Å²) >= 11 is 5.62. The van der Waals surface area contributed by atoms with Crippen molar-refractivity contribution in [3.05, 3.63) is 59.1 Å². The number of nitrogens with zero attached hydrogens (tertiary/aromatic N) is 5. The SMILES string of the molecule is CC1CN2CC(O1)c1ncnc(n1)N2Nc1cc(NC(=O)Nc2ccc(Cl)c(C(F)(F)F)c2)ccc1S(=O)(=O)O. The molecule has 4 N–H and O–H groups in total. The summed E-state index contributed by atoms with van der Waals surface area (Å²) in [6.07, 6.45) is -4.18. The number of rotatable bonds is 5. The minimum absolute atomic E-state index is 0.0387. The Hall–Kier alpha value is -3.77. The molecule has 2 aromatic carbocycles. The average Bonchev–Trinajstić information content (AvgIpc) is 2.92. The standard InChI is InChI=1S/C22H20ClF3N8O5S/c1-11-8-33-9-17(39-11)19-27-10-28-20(31-19)34(33)32-16-7-13(3-5-18(16)40(36,37)38)30-21(35)29-12-2-4-15(23)14(6-12)22(24,25)26/h2-7,10-11,17,32H,8-9H2,1H3,(H2,29,30,35)(H,36,37,38). The number of carbonyl (C=O) groups is 1. The summed E-state index contributed by atoms with van der Waals surface area (Å²) in [4.78, 5) is 24.7. The van der Waals surface area contributed by atoms with Gasteiger partial charge in [0.05, 0.1) is 28.9 Å². The fourth-order valence-corrected chi connectivity index (χ4v) is 5.03. The van der Waals surface area contributed by atoms with Crippen molar-refractivity contribution >= 4 is 50.8 Å².